The third-order valence-electron chi connectivity index (χ3n) is 3.70. The van der Waals surface area contributed by atoms with Gasteiger partial charge in [0.15, 0.2) is 17.2 Å². The number of carbonyl (C=O) groups is 1. The number of hydrogen-bond donors (Lipinski definition) is 2. The van der Waals surface area contributed by atoms with Crippen molar-refractivity contribution in [3.63, 3.8) is 0 Å². The van der Waals surface area contributed by atoms with Gasteiger partial charge < -0.3 is 19.7 Å². The molecular formula is C20H12Br2Cl2O5. The zero-order valence-electron chi connectivity index (χ0n) is 14.5. The molecule has 3 rings (SSSR count). The molecule has 3 aromatic rings. The van der Waals surface area contributed by atoms with Gasteiger partial charge in [-0.15, -0.1) is 0 Å². The van der Waals surface area contributed by atoms with Gasteiger partial charge in [-0.25, -0.2) is 0 Å². The Hall–Kier alpha value is -1.93. The maximum atomic E-state index is 10.9. The largest absolute Gasteiger partial charge is 0.504 e. The number of hydrogen-bond acceptors (Lipinski definition) is 4. The van der Waals surface area contributed by atoms with Gasteiger partial charge in [-0.3, -0.25) is 4.79 Å². The maximum Gasteiger partial charge on any atom is 0.307 e. The fraction of sp³-hybridized carbons (Fsp3) is 0.0500. The fourth-order valence-corrected chi connectivity index (χ4v) is 4.20. The van der Waals surface area contributed by atoms with Gasteiger partial charge in [0.2, 0.25) is 0 Å². The summed E-state index contributed by atoms with van der Waals surface area (Å²) < 4.78 is 12.7. The average molecular weight is 563 g/mol. The molecule has 0 amide bonds. The van der Waals surface area contributed by atoms with Crippen molar-refractivity contribution in [1.82, 2.24) is 0 Å². The monoisotopic (exact) mass is 560 g/mol. The predicted octanol–water partition coefficient (Wildman–Crippen LogP) is 7.44. The van der Waals surface area contributed by atoms with Crippen LogP contribution in [0.15, 0.2) is 57.5 Å². The molecule has 0 atom stereocenters. The Bertz CT molecular complexity index is 1070. The molecule has 0 unspecified atom stereocenters. The number of rotatable bonds is 6. The summed E-state index contributed by atoms with van der Waals surface area (Å²) in [5, 5.41) is 19.6. The summed E-state index contributed by atoms with van der Waals surface area (Å²) in [6, 6.07) is 12.7. The van der Waals surface area contributed by atoms with Gasteiger partial charge in [-0.2, -0.15) is 0 Å². The molecule has 0 aliphatic heterocycles. The van der Waals surface area contributed by atoms with Gasteiger partial charge >= 0.3 is 5.97 Å². The van der Waals surface area contributed by atoms with Gasteiger partial charge in [0.1, 0.15) is 16.5 Å². The molecular weight excluding hydrogens is 551 g/mol. The number of phenolic OH excluding ortho intramolecular Hbond substituents is 1. The van der Waals surface area contributed by atoms with Crippen molar-refractivity contribution < 1.29 is 24.5 Å². The smallest absolute Gasteiger partial charge is 0.307 e. The van der Waals surface area contributed by atoms with E-state index in [1.807, 2.05) is 0 Å². The second-order valence-electron chi connectivity index (χ2n) is 5.84. The van der Waals surface area contributed by atoms with Crippen molar-refractivity contribution in [2.75, 3.05) is 0 Å². The third-order valence-corrected chi connectivity index (χ3v) is 5.68. The van der Waals surface area contributed by atoms with Crippen molar-refractivity contribution >= 4 is 61.0 Å². The van der Waals surface area contributed by atoms with Crippen molar-refractivity contribution in [2.24, 2.45) is 0 Å². The molecule has 0 spiro atoms. The van der Waals surface area contributed by atoms with Crippen LogP contribution in [-0.4, -0.2) is 16.2 Å². The zero-order valence-corrected chi connectivity index (χ0v) is 19.1. The molecule has 0 saturated carbocycles. The highest BCUT2D eigenvalue weighted by Gasteiger charge is 2.15. The molecule has 5 nitrogen and oxygen atoms in total. The van der Waals surface area contributed by atoms with E-state index in [-0.39, 0.29) is 28.7 Å². The van der Waals surface area contributed by atoms with E-state index < -0.39 is 5.97 Å². The Morgan fingerprint density at radius 2 is 1.66 bits per heavy atom. The lowest BCUT2D eigenvalue weighted by atomic mass is 10.1. The van der Waals surface area contributed by atoms with Crippen LogP contribution in [0.5, 0.6) is 28.7 Å². The van der Waals surface area contributed by atoms with E-state index in [4.69, 9.17) is 37.8 Å². The van der Waals surface area contributed by atoms with E-state index in [1.165, 1.54) is 12.1 Å². The normalized spacial score (nSPS) is 10.6. The van der Waals surface area contributed by atoms with Crippen molar-refractivity contribution in [3.05, 3.63) is 73.1 Å². The lowest BCUT2D eigenvalue weighted by Gasteiger charge is -2.14. The summed E-state index contributed by atoms with van der Waals surface area (Å²) in [5.74, 6) is 0.189. The lowest BCUT2D eigenvalue weighted by molar-refractivity contribution is -0.136. The Morgan fingerprint density at radius 1 is 0.966 bits per heavy atom. The SMILES string of the molecule is O=C(O)Cc1cc(Br)c(Oc2ccc(O)c(Oc3cccc(Cl)c3Cl)c2)c(Br)c1. The standard InChI is InChI=1S/C20H12Br2Cl2O5/c21-12-6-10(8-18(26)27)7-13(22)20(12)28-11-4-5-15(25)17(9-11)29-16-3-1-2-14(23)19(16)24/h1-7,9,25H,8H2,(H,26,27). The van der Waals surface area contributed by atoms with Crippen LogP contribution in [0, 0.1) is 0 Å². The molecule has 3 aromatic carbocycles. The summed E-state index contributed by atoms with van der Waals surface area (Å²) in [7, 11) is 0. The van der Waals surface area contributed by atoms with Crippen molar-refractivity contribution in [3.8, 4) is 28.7 Å². The van der Waals surface area contributed by atoms with E-state index in [0.29, 0.717) is 31.0 Å². The number of ether oxygens (including phenoxy) is 2. The minimum absolute atomic E-state index is 0.108. The second kappa shape index (κ2) is 9.26. The molecule has 0 heterocycles. The first-order valence-electron chi connectivity index (χ1n) is 8.07. The fourth-order valence-electron chi connectivity index (χ4n) is 2.43. The minimum Gasteiger partial charge on any atom is -0.504 e. The van der Waals surface area contributed by atoms with E-state index in [0.717, 1.165) is 0 Å². The minimum atomic E-state index is -0.933. The molecule has 0 aliphatic rings. The van der Waals surface area contributed by atoms with Crippen LogP contribution in [0.1, 0.15) is 5.56 Å². The molecule has 0 fully saturated rings. The Morgan fingerprint density at radius 3 is 2.31 bits per heavy atom. The lowest BCUT2D eigenvalue weighted by Crippen LogP contribution is -2.00. The van der Waals surface area contributed by atoms with Crippen LogP contribution in [0.2, 0.25) is 10.0 Å². The second-order valence-corrected chi connectivity index (χ2v) is 8.34. The number of carboxylic acid groups (broad SMARTS) is 1. The van der Waals surface area contributed by atoms with Gasteiger partial charge in [0.05, 0.1) is 20.4 Å². The summed E-state index contributed by atoms with van der Waals surface area (Å²) in [4.78, 5) is 10.9. The number of aromatic hydroxyl groups is 1. The zero-order chi connectivity index (χ0) is 21.1. The van der Waals surface area contributed by atoms with Gasteiger partial charge in [0.25, 0.3) is 0 Å². The van der Waals surface area contributed by atoms with E-state index in [9.17, 15) is 9.90 Å². The number of aliphatic carboxylic acids is 1. The maximum absolute atomic E-state index is 10.9. The molecule has 0 saturated heterocycles. The Kier molecular flexibility index (Phi) is 6.95. The van der Waals surface area contributed by atoms with E-state index in [2.05, 4.69) is 31.9 Å². The van der Waals surface area contributed by atoms with Crippen molar-refractivity contribution in [2.45, 2.75) is 6.42 Å². The van der Waals surface area contributed by atoms with E-state index >= 15 is 0 Å². The molecule has 0 aromatic heterocycles. The first-order chi connectivity index (χ1) is 13.7. The van der Waals surface area contributed by atoms with Gasteiger partial charge in [0, 0.05) is 6.07 Å². The first-order valence-corrected chi connectivity index (χ1v) is 10.4. The summed E-state index contributed by atoms with van der Waals surface area (Å²) >= 11 is 18.9. The Labute approximate surface area is 193 Å². The molecule has 29 heavy (non-hydrogen) atoms. The number of phenols is 1. The van der Waals surface area contributed by atoms with Gasteiger partial charge in [-0.05, 0) is 73.8 Å². The first kappa shape index (κ1) is 21.8. The third kappa shape index (κ3) is 5.36. The van der Waals surface area contributed by atoms with Crippen molar-refractivity contribution in [1.29, 1.82) is 0 Å². The average Bonchev–Trinajstić information content (AvgIpc) is 2.64. The molecule has 150 valence electrons. The van der Waals surface area contributed by atoms with Crippen LogP contribution >= 0.6 is 55.1 Å². The summed E-state index contributed by atoms with van der Waals surface area (Å²) in [6.07, 6.45) is -0.116. The molecule has 0 bridgehead atoms. The highest BCUT2D eigenvalue weighted by Crippen LogP contribution is 2.42. The highest BCUT2D eigenvalue weighted by atomic mass is 79.9. The molecule has 0 radical (unpaired) electrons. The van der Waals surface area contributed by atoms with Crippen LogP contribution in [-0.2, 0) is 11.2 Å². The van der Waals surface area contributed by atoms with Gasteiger partial charge in [-0.1, -0.05) is 29.3 Å². The topological polar surface area (TPSA) is 76.0 Å². The quantitative estimate of drug-likeness (QED) is 0.327. The summed E-state index contributed by atoms with van der Waals surface area (Å²) in [6.45, 7) is 0. The predicted molar refractivity (Wildman–Crippen MR) is 118 cm³/mol. The molecule has 9 heteroatoms. The van der Waals surface area contributed by atoms with Crippen LogP contribution in [0.25, 0.3) is 0 Å². The Balaban J connectivity index is 1.89. The summed E-state index contributed by atoms with van der Waals surface area (Å²) in [5.41, 5.74) is 0.605. The van der Waals surface area contributed by atoms with Crippen LogP contribution in [0.4, 0.5) is 0 Å². The van der Waals surface area contributed by atoms with Crippen LogP contribution < -0.4 is 9.47 Å². The number of benzene rings is 3. The van der Waals surface area contributed by atoms with E-state index in [1.54, 1.807) is 36.4 Å². The highest BCUT2D eigenvalue weighted by molar-refractivity contribution is 9.11. The molecule has 0 aliphatic carbocycles. The van der Waals surface area contributed by atoms with Crippen LogP contribution in [0.3, 0.4) is 0 Å². The number of halogens is 4. The number of carboxylic acids is 1. The molecule has 2 N–H and O–H groups in total.